The number of nitrogens with one attached hydrogen (secondary N) is 1. The van der Waals surface area contributed by atoms with Crippen LogP contribution in [0.2, 0.25) is 0 Å². The highest BCUT2D eigenvalue weighted by atomic mass is 16.5. The van der Waals surface area contributed by atoms with Crippen molar-refractivity contribution in [3.05, 3.63) is 36.0 Å². The lowest BCUT2D eigenvalue weighted by molar-refractivity contribution is -0.144. The fraction of sp³-hybridized carbons (Fsp3) is 0.308. The first-order valence-corrected chi connectivity index (χ1v) is 5.34. The Labute approximate surface area is 94.4 Å². The van der Waals surface area contributed by atoms with Crippen LogP contribution in [0.25, 0.3) is 10.9 Å². The number of esters is 1. The molecule has 0 saturated heterocycles. The third-order valence-electron chi connectivity index (χ3n) is 2.76. The highest BCUT2D eigenvalue weighted by Crippen LogP contribution is 2.17. The molecule has 84 valence electrons. The maximum atomic E-state index is 11.3. The molecule has 2 rings (SSSR count). The van der Waals surface area contributed by atoms with Crippen LogP contribution in [0.3, 0.4) is 0 Å². The van der Waals surface area contributed by atoms with Crippen molar-refractivity contribution in [2.75, 3.05) is 7.11 Å². The van der Waals surface area contributed by atoms with Gasteiger partial charge in [0.05, 0.1) is 13.0 Å². The van der Waals surface area contributed by atoms with E-state index >= 15 is 0 Å². The summed E-state index contributed by atoms with van der Waals surface area (Å²) in [5.41, 5.74) is 2.28. The summed E-state index contributed by atoms with van der Waals surface area (Å²) in [5, 5.41) is 1.18. The van der Waals surface area contributed by atoms with Crippen molar-refractivity contribution >= 4 is 16.9 Å². The van der Waals surface area contributed by atoms with Crippen LogP contribution in [0.4, 0.5) is 0 Å². The van der Waals surface area contributed by atoms with E-state index in [9.17, 15) is 4.79 Å². The topological polar surface area (TPSA) is 42.1 Å². The van der Waals surface area contributed by atoms with Crippen LogP contribution in [0.5, 0.6) is 0 Å². The highest BCUT2D eigenvalue weighted by Gasteiger charge is 2.13. The normalized spacial score (nSPS) is 12.6. The van der Waals surface area contributed by atoms with Gasteiger partial charge in [-0.25, -0.2) is 0 Å². The highest BCUT2D eigenvalue weighted by molar-refractivity contribution is 5.80. The van der Waals surface area contributed by atoms with Crippen molar-refractivity contribution < 1.29 is 9.53 Å². The van der Waals surface area contributed by atoms with Crippen LogP contribution in [0.1, 0.15) is 12.5 Å². The summed E-state index contributed by atoms with van der Waals surface area (Å²) < 4.78 is 4.71. The molecular weight excluding hydrogens is 202 g/mol. The number of fused-ring (bicyclic) bond motifs is 1. The van der Waals surface area contributed by atoms with Gasteiger partial charge in [0.1, 0.15) is 0 Å². The molecule has 3 nitrogen and oxygen atoms in total. The van der Waals surface area contributed by atoms with E-state index < -0.39 is 0 Å². The maximum absolute atomic E-state index is 11.3. The summed E-state index contributed by atoms with van der Waals surface area (Å²) in [6, 6.07) is 8.21. The predicted molar refractivity (Wildman–Crippen MR) is 63.2 cm³/mol. The monoisotopic (exact) mass is 217 g/mol. The van der Waals surface area contributed by atoms with Crippen LogP contribution in [0, 0.1) is 5.92 Å². The summed E-state index contributed by atoms with van der Waals surface area (Å²) in [5.74, 6) is -0.254. The minimum absolute atomic E-state index is 0.0959. The first-order chi connectivity index (χ1) is 7.70. The minimum Gasteiger partial charge on any atom is -0.469 e. The average Bonchev–Trinajstić information content (AvgIpc) is 2.75. The molecule has 0 amide bonds. The Morgan fingerprint density at radius 2 is 2.25 bits per heavy atom. The summed E-state index contributed by atoms with van der Waals surface area (Å²) in [7, 11) is 1.42. The molecule has 1 aromatic carbocycles. The first kappa shape index (κ1) is 10.7. The molecule has 0 unspecified atom stereocenters. The van der Waals surface area contributed by atoms with Gasteiger partial charge in [-0.05, 0) is 35.6 Å². The molecule has 1 N–H and O–H groups in total. The van der Waals surface area contributed by atoms with Crippen LogP contribution in [0.15, 0.2) is 30.5 Å². The van der Waals surface area contributed by atoms with Crippen molar-refractivity contribution in [1.82, 2.24) is 4.98 Å². The molecule has 2 aromatic rings. The molecule has 0 radical (unpaired) electrons. The lowest BCUT2D eigenvalue weighted by atomic mass is 10.0. The van der Waals surface area contributed by atoms with Gasteiger partial charge in [0.25, 0.3) is 0 Å². The Balaban J connectivity index is 2.17. The van der Waals surface area contributed by atoms with E-state index in [0.29, 0.717) is 6.42 Å². The van der Waals surface area contributed by atoms with Crippen LogP contribution < -0.4 is 0 Å². The van der Waals surface area contributed by atoms with E-state index in [0.717, 1.165) is 11.1 Å². The van der Waals surface area contributed by atoms with E-state index in [1.54, 1.807) is 0 Å². The third-order valence-corrected chi connectivity index (χ3v) is 2.76. The van der Waals surface area contributed by atoms with Gasteiger partial charge in [0.2, 0.25) is 0 Å². The van der Waals surface area contributed by atoms with Crippen LogP contribution in [-0.2, 0) is 16.0 Å². The molecule has 1 heterocycles. The lowest BCUT2D eigenvalue weighted by Gasteiger charge is -2.08. The molecule has 0 spiro atoms. The molecular formula is C13H15NO2. The number of benzene rings is 1. The van der Waals surface area contributed by atoms with E-state index in [1.807, 2.05) is 31.3 Å². The van der Waals surface area contributed by atoms with Crippen molar-refractivity contribution in [3.63, 3.8) is 0 Å². The van der Waals surface area contributed by atoms with E-state index in [1.165, 1.54) is 12.5 Å². The van der Waals surface area contributed by atoms with Gasteiger partial charge in [-0.15, -0.1) is 0 Å². The Morgan fingerprint density at radius 3 is 3.00 bits per heavy atom. The van der Waals surface area contributed by atoms with Gasteiger partial charge in [0, 0.05) is 11.7 Å². The largest absolute Gasteiger partial charge is 0.469 e. The van der Waals surface area contributed by atoms with Crippen molar-refractivity contribution in [3.8, 4) is 0 Å². The van der Waals surface area contributed by atoms with E-state index in [2.05, 4.69) is 11.1 Å². The fourth-order valence-corrected chi connectivity index (χ4v) is 1.87. The number of hydrogen-bond donors (Lipinski definition) is 1. The van der Waals surface area contributed by atoms with Gasteiger partial charge in [-0.1, -0.05) is 13.0 Å². The van der Waals surface area contributed by atoms with Gasteiger partial charge < -0.3 is 9.72 Å². The zero-order valence-electron chi connectivity index (χ0n) is 9.49. The summed E-state index contributed by atoms with van der Waals surface area (Å²) >= 11 is 0. The number of aromatic nitrogens is 1. The lowest BCUT2D eigenvalue weighted by Crippen LogP contribution is -2.14. The second kappa shape index (κ2) is 4.39. The van der Waals surface area contributed by atoms with Crippen molar-refractivity contribution in [2.45, 2.75) is 13.3 Å². The molecule has 1 atom stereocenters. The van der Waals surface area contributed by atoms with E-state index in [-0.39, 0.29) is 11.9 Å². The fourth-order valence-electron chi connectivity index (χ4n) is 1.87. The summed E-state index contributed by atoms with van der Waals surface area (Å²) in [6.45, 7) is 1.88. The minimum atomic E-state index is -0.158. The van der Waals surface area contributed by atoms with Gasteiger partial charge in [-0.3, -0.25) is 4.79 Å². The number of methoxy groups -OCH3 is 1. The third kappa shape index (κ3) is 2.08. The average molecular weight is 217 g/mol. The first-order valence-electron chi connectivity index (χ1n) is 5.34. The zero-order chi connectivity index (χ0) is 11.5. The predicted octanol–water partition coefficient (Wildman–Crippen LogP) is 2.52. The molecule has 0 aliphatic rings. The van der Waals surface area contributed by atoms with Gasteiger partial charge >= 0.3 is 5.97 Å². The molecule has 0 bridgehead atoms. The van der Waals surface area contributed by atoms with Crippen LogP contribution >= 0.6 is 0 Å². The maximum Gasteiger partial charge on any atom is 0.308 e. The number of aromatic amines is 1. The number of hydrogen-bond acceptors (Lipinski definition) is 2. The SMILES string of the molecule is COC(=O)[C@@H](C)Cc1ccc2[nH]ccc2c1. The molecule has 0 aliphatic carbocycles. The molecule has 0 aliphatic heterocycles. The summed E-state index contributed by atoms with van der Waals surface area (Å²) in [6.07, 6.45) is 2.63. The molecule has 1 aromatic heterocycles. The number of carbonyl (C=O) groups excluding carboxylic acids is 1. The smallest absolute Gasteiger partial charge is 0.308 e. The second-order valence-corrected chi connectivity index (χ2v) is 4.03. The molecule has 0 saturated carbocycles. The van der Waals surface area contributed by atoms with E-state index in [4.69, 9.17) is 4.74 Å². The van der Waals surface area contributed by atoms with Gasteiger partial charge in [-0.2, -0.15) is 0 Å². The number of carbonyl (C=O) groups is 1. The molecule has 3 heteroatoms. The Kier molecular flexibility index (Phi) is 2.95. The molecule has 0 fully saturated rings. The van der Waals surface area contributed by atoms with Crippen molar-refractivity contribution in [1.29, 1.82) is 0 Å². The standard InChI is InChI=1S/C13H15NO2/c1-9(13(15)16-2)7-10-3-4-12-11(8-10)5-6-14-12/h3-6,8-9,14H,7H2,1-2H3/t9-/m0/s1. The second-order valence-electron chi connectivity index (χ2n) is 4.03. The Morgan fingerprint density at radius 1 is 1.44 bits per heavy atom. The number of ether oxygens (including phenoxy) is 1. The number of rotatable bonds is 3. The Hall–Kier alpha value is -1.77. The zero-order valence-corrected chi connectivity index (χ0v) is 9.49. The van der Waals surface area contributed by atoms with Crippen LogP contribution in [-0.4, -0.2) is 18.1 Å². The quantitative estimate of drug-likeness (QED) is 0.803. The summed E-state index contributed by atoms with van der Waals surface area (Å²) in [4.78, 5) is 14.4. The Bertz CT molecular complexity index is 501. The van der Waals surface area contributed by atoms with Crippen molar-refractivity contribution in [2.24, 2.45) is 5.92 Å². The molecule has 16 heavy (non-hydrogen) atoms. The number of H-pyrrole nitrogens is 1. The van der Waals surface area contributed by atoms with Gasteiger partial charge in [0.15, 0.2) is 0 Å².